The van der Waals surface area contributed by atoms with E-state index in [1.165, 1.54) is 7.11 Å². The maximum Gasteiger partial charge on any atom is 0.314 e. The maximum atomic E-state index is 11.9. The molecule has 0 aliphatic carbocycles. The topological polar surface area (TPSA) is 56.8 Å². The first-order valence-electron chi connectivity index (χ1n) is 6.58. The van der Waals surface area contributed by atoms with Crippen molar-refractivity contribution in [2.24, 2.45) is 0 Å². The average Bonchev–Trinajstić information content (AvgIpc) is 2.50. The van der Waals surface area contributed by atoms with Crippen molar-refractivity contribution in [3.8, 4) is 0 Å². The van der Waals surface area contributed by atoms with Crippen molar-refractivity contribution in [3.63, 3.8) is 0 Å². The Kier molecular flexibility index (Phi) is 7.87. The largest absolute Gasteiger partial charge is 0.469 e. The standard InChI is InChI=1S/C15H23NO4/c1-18-11-13(19-2)9-16-10-14(15(17)20-3)12-7-5-4-6-8-12/h4-8,13-14,16H,9-11H2,1-3H3. The van der Waals surface area contributed by atoms with Gasteiger partial charge in [-0.15, -0.1) is 0 Å². The molecule has 0 aromatic heterocycles. The van der Waals surface area contributed by atoms with Crippen LogP contribution < -0.4 is 5.32 Å². The fraction of sp³-hybridized carbons (Fsp3) is 0.533. The third kappa shape index (κ3) is 5.28. The molecule has 112 valence electrons. The molecule has 1 rings (SSSR count). The van der Waals surface area contributed by atoms with E-state index in [-0.39, 0.29) is 18.0 Å². The Morgan fingerprint density at radius 2 is 1.85 bits per heavy atom. The number of hydrogen-bond donors (Lipinski definition) is 1. The van der Waals surface area contributed by atoms with E-state index < -0.39 is 0 Å². The number of nitrogens with one attached hydrogen (secondary N) is 1. The molecule has 0 heterocycles. The molecule has 20 heavy (non-hydrogen) atoms. The molecule has 0 aliphatic heterocycles. The van der Waals surface area contributed by atoms with Gasteiger partial charge in [-0.3, -0.25) is 4.79 Å². The third-order valence-electron chi connectivity index (χ3n) is 3.09. The fourth-order valence-electron chi connectivity index (χ4n) is 1.95. The Morgan fingerprint density at radius 1 is 1.15 bits per heavy atom. The molecule has 1 aromatic carbocycles. The van der Waals surface area contributed by atoms with Crippen LogP contribution in [0.5, 0.6) is 0 Å². The van der Waals surface area contributed by atoms with Gasteiger partial charge in [0.05, 0.1) is 25.7 Å². The lowest BCUT2D eigenvalue weighted by atomic mass is 9.99. The summed E-state index contributed by atoms with van der Waals surface area (Å²) in [5.74, 6) is -0.564. The first-order chi connectivity index (χ1) is 9.72. The van der Waals surface area contributed by atoms with Crippen LogP contribution in [0.25, 0.3) is 0 Å². The number of methoxy groups -OCH3 is 3. The summed E-state index contributed by atoms with van der Waals surface area (Å²) < 4.78 is 15.2. The second-order valence-corrected chi connectivity index (χ2v) is 4.46. The molecule has 0 saturated heterocycles. The van der Waals surface area contributed by atoms with Crippen LogP contribution in [0.2, 0.25) is 0 Å². The van der Waals surface area contributed by atoms with Gasteiger partial charge in [-0.1, -0.05) is 30.3 Å². The minimum atomic E-state index is -0.318. The fourth-order valence-corrected chi connectivity index (χ4v) is 1.95. The molecule has 5 nitrogen and oxygen atoms in total. The lowest BCUT2D eigenvalue weighted by Crippen LogP contribution is -2.36. The van der Waals surface area contributed by atoms with Gasteiger partial charge in [0, 0.05) is 27.3 Å². The molecule has 0 aliphatic rings. The van der Waals surface area contributed by atoms with Gasteiger partial charge in [-0.25, -0.2) is 0 Å². The molecule has 0 radical (unpaired) electrons. The molecule has 5 heteroatoms. The number of rotatable bonds is 9. The summed E-state index contributed by atoms with van der Waals surface area (Å²) in [6, 6.07) is 9.59. The van der Waals surface area contributed by atoms with Crippen molar-refractivity contribution in [1.29, 1.82) is 0 Å². The van der Waals surface area contributed by atoms with Crippen LogP contribution in [0, 0.1) is 0 Å². The first kappa shape index (κ1) is 16.6. The molecule has 0 fully saturated rings. The molecular formula is C15H23NO4. The van der Waals surface area contributed by atoms with Crippen molar-refractivity contribution >= 4 is 5.97 Å². The smallest absolute Gasteiger partial charge is 0.314 e. The molecule has 0 saturated carbocycles. The van der Waals surface area contributed by atoms with E-state index in [1.54, 1.807) is 14.2 Å². The molecule has 0 bridgehead atoms. The molecule has 2 atom stereocenters. The highest BCUT2D eigenvalue weighted by Gasteiger charge is 2.21. The predicted octanol–water partition coefficient (Wildman–Crippen LogP) is 1.19. The summed E-state index contributed by atoms with van der Waals surface area (Å²) in [7, 11) is 4.68. The van der Waals surface area contributed by atoms with Crippen molar-refractivity contribution in [1.82, 2.24) is 5.32 Å². The molecule has 2 unspecified atom stereocenters. The molecule has 0 spiro atoms. The van der Waals surface area contributed by atoms with E-state index in [0.717, 1.165) is 5.56 Å². The minimum absolute atomic E-state index is 0.0333. The number of benzene rings is 1. The lowest BCUT2D eigenvalue weighted by molar-refractivity contribution is -0.142. The van der Waals surface area contributed by atoms with Crippen LogP contribution in [0.4, 0.5) is 0 Å². The monoisotopic (exact) mass is 281 g/mol. The lowest BCUT2D eigenvalue weighted by Gasteiger charge is -2.19. The van der Waals surface area contributed by atoms with Crippen LogP contribution in [0.3, 0.4) is 0 Å². The van der Waals surface area contributed by atoms with Crippen molar-refractivity contribution < 1.29 is 19.0 Å². The van der Waals surface area contributed by atoms with Gasteiger partial charge >= 0.3 is 5.97 Å². The van der Waals surface area contributed by atoms with Crippen LogP contribution in [-0.2, 0) is 19.0 Å². The van der Waals surface area contributed by atoms with Crippen LogP contribution in [0.15, 0.2) is 30.3 Å². The minimum Gasteiger partial charge on any atom is -0.469 e. The van der Waals surface area contributed by atoms with Crippen LogP contribution >= 0.6 is 0 Å². The second-order valence-electron chi connectivity index (χ2n) is 4.46. The zero-order chi connectivity index (χ0) is 14.8. The quantitative estimate of drug-likeness (QED) is 0.689. The van der Waals surface area contributed by atoms with Crippen LogP contribution in [0.1, 0.15) is 11.5 Å². The van der Waals surface area contributed by atoms with E-state index >= 15 is 0 Å². The maximum absolute atomic E-state index is 11.9. The van der Waals surface area contributed by atoms with Gasteiger partial charge in [0.15, 0.2) is 0 Å². The molecule has 0 amide bonds. The highest BCUT2D eigenvalue weighted by Crippen LogP contribution is 2.16. The second kappa shape index (κ2) is 9.47. The third-order valence-corrected chi connectivity index (χ3v) is 3.09. The summed E-state index contributed by atoms with van der Waals surface area (Å²) >= 11 is 0. The average molecular weight is 281 g/mol. The summed E-state index contributed by atoms with van der Waals surface area (Å²) in [6.07, 6.45) is -0.0333. The van der Waals surface area contributed by atoms with Crippen LogP contribution in [-0.4, -0.2) is 53.1 Å². The Morgan fingerprint density at radius 3 is 2.40 bits per heavy atom. The Labute approximate surface area is 120 Å². The Balaban J connectivity index is 2.56. The Hall–Kier alpha value is -1.43. The highest BCUT2D eigenvalue weighted by atomic mass is 16.5. The number of carbonyl (C=O) groups excluding carboxylic acids is 1. The van der Waals surface area contributed by atoms with Gasteiger partial charge in [0.2, 0.25) is 0 Å². The Bertz CT molecular complexity index is 383. The van der Waals surface area contributed by atoms with E-state index in [2.05, 4.69) is 5.32 Å². The van der Waals surface area contributed by atoms with E-state index in [9.17, 15) is 4.79 Å². The molecule has 1 aromatic rings. The van der Waals surface area contributed by atoms with E-state index in [4.69, 9.17) is 14.2 Å². The summed E-state index contributed by atoms with van der Waals surface area (Å²) in [4.78, 5) is 11.9. The predicted molar refractivity (Wildman–Crippen MR) is 76.7 cm³/mol. The van der Waals surface area contributed by atoms with Crippen molar-refractivity contribution in [3.05, 3.63) is 35.9 Å². The van der Waals surface area contributed by atoms with E-state index in [1.807, 2.05) is 30.3 Å². The zero-order valence-electron chi connectivity index (χ0n) is 12.3. The SMILES string of the molecule is COCC(CNCC(C(=O)OC)c1ccccc1)OC. The summed E-state index contributed by atoms with van der Waals surface area (Å²) in [5.41, 5.74) is 0.938. The van der Waals surface area contributed by atoms with Gasteiger partial charge in [-0.2, -0.15) is 0 Å². The first-order valence-corrected chi connectivity index (χ1v) is 6.58. The van der Waals surface area contributed by atoms with Gasteiger partial charge in [0.1, 0.15) is 0 Å². The number of carbonyl (C=O) groups is 1. The number of ether oxygens (including phenoxy) is 3. The highest BCUT2D eigenvalue weighted by molar-refractivity contribution is 5.78. The molecule has 1 N–H and O–H groups in total. The van der Waals surface area contributed by atoms with Gasteiger partial charge in [0.25, 0.3) is 0 Å². The zero-order valence-corrected chi connectivity index (χ0v) is 12.3. The van der Waals surface area contributed by atoms with E-state index in [0.29, 0.717) is 19.7 Å². The van der Waals surface area contributed by atoms with Gasteiger partial charge in [-0.05, 0) is 5.56 Å². The summed E-state index contributed by atoms with van der Waals surface area (Å²) in [5, 5.41) is 3.23. The summed E-state index contributed by atoms with van der Waals surface area (Å²) in [6.45, 7) is 1.63. The number of esters is 1. The van der Waals surface area contributed by atoms with Crippen molar-refractivity contribution in [2.75, 3.05) is 41.0 Å². The molecular weight excluding hydrogens is 258 g/mol. The normalized spacial score (nSPS) is 13.8. The number of hydrogen-bond acceptors (Lipinski definition) is 5. The van der Waals surface area contributed by atoms with Gasteiger partial charge < -0.3 is 19.5 Å². The van der Waals surface area contributed by atoms with Crippen molar-refractivity contribution in [2.45, 2.75) is 12.0 Å².